The minimum Gasteiger partial charge on any atom is -0.385 e. The number of carbonyl (C=O) groups excluding carboxylic acids is 1. The van der Waals surface area contributed by atoms with E-state index in [0.29, 0.717) is 5.41 Å². The maximum atomic E-state index is 12.4. The molecule has 0 bridgehead atoms. The van der Waals surface area contributed by atoms with Crippen LogP contribution in [0.3, 0.4) is 0 Å². The number of nitrogens with one attached hydrogen (secondary N) is 2. The summed E-state index contributed by atoms with van der Waals surface area (Å²) in [6.07, 6.45) is 6.44. The summed E-state index contributed by atoms with van der Waals surface area (Å²) < 4.78 is 0. The van der Waals surface area contributed by atoms with Gasteiger partial charge in [0.2, 0.25) is 0 Å². The monoisotopic (exact) mass is 286 g/mol. The van der Waals surface area contributed by atoms with Crippen LogP contribution >= 0.6 is 0 Å². The summed E-state index contributed by atoms with van der Waals surface area (Å²) in [6.45, 7) is 6.00. The van der Waals surface area contributed by atoms with Crippen molar-refractivity contribution in [3.8, 4) is 0 Å². The minimum absolute atomic E-state index is 0.0847. The fourth-order valence-corrected chi connectivity index (χ4v) is 3.23. The van der Waals surface area contributed by atoms with Crippen LogP contribution in [0.25, 0.3) is 0 Å². The van der Waals surface area contributed by atoms with Crippen molar-refractivity contribution in [2.24, 2.45) is 11.3 Å². The van der Waals surface area contributed by atoms with Gasteiger partial charge in [-0.1, -0.05) is 6.92 Å². The molecule has 0 aromatic heterocycles. The summed E-state index contributed by atoms with van der Waals surface area (Å²) in [4.78, 5) is 12.4. The van der Waals surface area contributed by atoms with Gasteiger partial charge in [-0.25, -0.2) is 0 Å². The molecule has 0 aliphatic heterocycles. The molecule has 0 atom stereocenters. The molecule has 0 spiro atoms. The molecular weight excluding hydrogens is 260 g/mol. The third-order valence-corrected chi connectivity index (χ3v) is 4.99. The highest BCUT2D eigenvalue weighted by atomic mass is 16.1. The first-order valence-corrected chi connectivity index (χ1v) is 8.27. The van der Waals surface area contributed by atoms with Gasteiger partial charge < -0.3 is 10.6 Å². The molecule has 3 nitrogen and oxygen atoms in total. The Bertz CT molecular complexity index is 530. The van der Waals surface area contributed by atoms with Crippen LogP contribution in [-0.4, -0.2) is 19.0 Å². The number of benzene rings is 1. The van der Waals surface area contributed by atoms with Crippen LogP contribution < -0.4 is 10.6 Å². The summed E-state index contributed by atoms with van der Waals surface area (Å²) in [5, 5.41) is 6.53. The SMILES string of the molecule is CCCNc1ccc(C(=O)NCC2(C3CC3)CC2)c(C)c1. The fourth-order valence-electron chi connectivity index (χ4n) is 3.23. The zero-order valence-electron chi connectivity index (χ0n) is 13.2. The predicted molar refractivity (Wildman–Crippen MR) is 86.7 cm³/mol. The van der Waals surface area contributed by atoms with Crippen LogP contribution in [0, 0.1) is 18.3 Å². The molecule has 2 fully saturated rings. The molecule has 2 N–H and O–H groups in total. The van der Waals surface area contributed by atoms with Gasteiger partial charge in [-0.15, -0.1) is 0 Å². The Balaban J connectivity index is 1.59. The second kappa shape index (κ2) is 5.70. The van der Waals surface area contributed by atoms with E-state index < -0.39 is 0 Å². The Morgan fingerprint density at radius 3 is 2.67 bits per heavy atom. The molecular formula is C18H26N2O. The number of carbonyl (C=O) groups is 1. The van der Waals surface area contributed by atoms with Gasteiger partial charge in [-0.05, 0) is 74.1 Å². The third kappa shape index (κ3) is 3.22. The average molecular weight is 286 g/mol. The number of amides is 1. The Morgan fingerprint density at radius 1 is 1.33 bits per heavy atom. The summed E-state index contributed by atoms with van der Waals surface area (Å²) in [7, 11) is 0. The van der Waals surface area contributed by atoms with Crippen molar-refractivity contribution < 1.29 is 4.79 Å². The highest BCUT2D eigenvalue weighted by Gasteiger charge is 2.53. The Kier molecular flexibility index (Phi) is 3.92. The quantitative estimate of drug-likeness (QED) is 0.801. The normalized spacial score (nSPS) is 19.1. The highest BCUT2D eigenvalue weighted by Crippen LogP contribution is 2.60. The maximum absolute atomic E-state index is 12.4. The smallest absolute Gasteiger partial charge is 0.251 e. The van der Waals surface area contributed by atoms with Crippen molar-refractivity contribution in [1.82, 2.24) is 5.32 Å². The zero-order valence-corrected chi connectivity index (χ0v) is 13.2. The first-order chi connectivity index (χ1) is 10.1. The number of anilines is 1. The molecule has 114 valence electrons. The lowest BCUT2D eigenvalue weighted by atomic mass is 10.00. The van der Waals surface area contributed by atoms with Crippen LogP contribution in [0.1, 0.15) is 54.9 Å². The Labute approximate surface area is 127 Å². The molecule has 21 heavy (non-hydrogen) atoms. The molecule has 0 heterocycles. The zero-order chi connectivity index (χ0) is 14.9. The standard InChI is InChI=1S/C18H26N2O/c1-3-10-19-15-6-7-16(13(2)11-15)17(21)20-12-18(8-9-18)14-4-5-14/h6-7,11,14,19H,3-5,8-10,12H2,1-2H3,(H,20,21). The van der Waals surface area contributed by atoms with Gasteiger partial charge >= 0.3 is 0 Å². The van der Waals surface area contributed by atoms with E-state index in [1.807, 2.05) is 19.1 Å². The molecule has 0 saturated heterocycles. The maximum Gasteiger partial charge on any atom is 0.251 e. The van der Waals surface area contributed by atoms with Gasteiger partial charge in [-0.2, -0.15) is 0 Å². The van der Waals surface area contributed by atoms with Crippen LogP contribution in [0.15, 0.2) is 18.2 Å². The largest absolute Gasteiger partial charge is 0.385 e. The fraction of sp³-hybridized carbons (Fsp3) is 0.611. The highest BCUT2D eigenvalue weighted by molar-refractivity contribution is 5.96. The Morgan fingerprint density at radius 2 is 2.10 bits per heavy atom. The van der Waals surface area contributed by atoms with Gasteiger partial charge in [0, 0.05) is 24.3 Å². The Hall–Kier alpha value is -1.51. The van der Waals surface area contributed by atoms with Crippen LogP contribution in [0.5, 0.6) is 0 Å². The first kappa shape index (κ1) is 14.4. The number of rotatable bonds is 7. The van der Waals surface area contributed by atoms with Gasteiger partial charge in [0.1, 0.15) is 0 Å². The van der Waals surface area contributed by atoms with E-state index in [1.54, 1.807) is 0 Å². The van der Waals surface area contributed by atoms with E-state index in [1.165, 1.54) is 25.7 Å². The van der Waals surface area contributed by atoms with Crippen molar-refractivity contribution in [3.63, 3.8) is 0 Å². The number of hydrogen-bond acceptors (Lipinski definition) is 2. The average Bonchev–Trinajstić information content (AvgIpc) is 3.35. The van der Waals surface area contributed by atoms with E-state index in [9.17, 15) is 4.79 Å². The van der Waals surface area contributed by atoms with E-state index in [2.05, 4.69) is 23.6 Å². The lowest BCUT2D eigenvalue weighted by molar-refractivity contribution is 0.0942. The molecule has 2 saturated carbocycles. The van der Waals surface area contributed by atoms with Gasteiger partial charge in [0.05, 0.1) is 0 Å². The van der Waals surface area contributed by atoms with Crippen LogP contribution in [0.2, 0.25) is 0 Å². The summed E-state index contributed by atoms with van der Waals surface area (Å²) in [5.74, 6) is 0.973. The van der Waals surface area contributed by atoms with E-state index in [-0.39, 0.29) is 5.91 Å². The second-order valence-electron chi connectivity index (χ2n) is 6.78. The molecule has 1 aromatic rings. The molecule has 2 aliphatic rings. The molecule has 1 aromatic carbocycles. The molecule has 2 aliphatic carbocycles. The van der Waals surface area contributed by atoms with E-state index >= 15 is 0 Å². The van der Waals surface area contributed by atoms with Crippen LogP contribution in [0.4, 0.5) is 5.69 Å². The molecule has 3 heteroatoms. The predicted octanol–water partition coefficient (Wildman–Crippen LogP) is 3.74. The topological polar surface area (TPSA) is 41.1 Å². The van der Waals surface area contributed by atoms with Crippen molar-refractivity contribution in [2.75, 3.05) is 18.4 Å². The summed E-state index contributed by atoms with van der Waals surface area (Å²) in [6, 6.07) is 6.02. The van der Waals surface area contributed by atoms with E-state index in [0.717, 1.165) is 42.2 Å². The second-order valence-corrected chi connectivity index (χ2v) is 6.78. The van der Waals surface area contributed by atoms with Crippen molar-refractivity contribution >= 4 is 11.6 Å². The molecule has 0 radical (unpaired) electrons. The van der Waals surface area contributed by atoms with Gasteiger partial charge in [0.25, 0.3) is 5.91 Å². The number of aryl methyl sites for hydroxylation is 1. The summed E-state index contributed by atoms with van der Waals surface area (Å²) >= 11 is 0. The van der Waals surface area contributed by atoms with Crippen molar-refractivity contribution in [2.45, 2.75) is 46.0 Å². The van der Waals surface area contributed by atoms with Crippen LogP contribution in [-0.2, 0) is 0 Å². The lowest BCUT2D eigenvalue weighted by Crippen LogP contribution is -2.31. The summed E-state index contributed by atoms with van der Waals surface area (Å²) in [5.41, 5.74) is 3.42. The van der Waals surface area contributed by atoms with Crippen molar-refractivity contribution in [3.05, 3.63) is 29.3 Å². The number of hydrogen-bond donors (Lipinski definition) is 2. The lowest BCUT2D eigenvalue weighted by Gasteiger charge is -2.16. The molecule has 1 amide bonds. The third-order valence-electron chi connectivity index (χ3n) is 4.99. The molecule has 0 unspecified atom stereocenters. The minimum atomic E-state index is 0.0847. The van der Waals surface area contributed by atoms with Gasteiger partial charge in [0.15, 0.2) is 0 Å². The first-order valence-electron chi connectivity index (χ1n) is 8.27. The van der Waals surface area contributed by atoms with E-state index in [4.69, 9.17) is 0 Å². The van der Waals surface area contributed by atoms with Crippen molar-refractivity contribution in [1.29, 1.82) is 0 Å². The molecule has 3 rings (SSSR count). The van der Waals surface area contributed by atoms with Gasteiger partial charge in [-0.3, -0.25) is 4.79 Å².